The number of anilines is 4. The fraction of sp³-hybridized carbons (Fsp3) is 0.150. The molecule has 3 rings (SSSR count). The van der Waals surface area contributed by atoms with Crippen molar-refractivity contribution in [1.29, 1.82) is 0 Å². The second-order valence-electron chi connectivity index (χ2n) is 6.31. The van der Waals surface area contributed by atoms with Crippen LogP contribution >= 0.6 is 0 Å². The normalized spacial score (nSPS) is 10.4. The number of nitrogens with zero attached hydrogens (tertiary/aromatic N) is 3. The summed E-state index contributed by atoms with van der Waals surface area (Å²) in [6, 6.07) is 12.3. The van der Waals surface area contributed by atoms with E-state index in [1.165, 1.54) is 13.3 Å². The third kappa shape index (κ3) is 3.96. The van der Waals surface area contributed by atoms with Crippen LogP contribution in [0.3, 0.4) is 0 Å². The Morgan fingerprint density at radius 1 is 1.00 bits per heavy atom. The van der Waals surface area contributed by atoms with Crippen molar-refractivity contribution in [3.63, 3.8) is 0 Å². The van der Waals surface area contributed by atoms with E-state index >= 15 is 0 Å². The van der Waals surface area contributed by atoms with E-state index in [1.54, 1.807) is 24.3 Å². The van der Waals surface area contributed by atoms with E-state index in [1.807, 2.05) is 32.0 Å². The lowest BCUT2D eigenvalue weighted by Gasteiger charge is -2.12. The molecule has 8 nitrogen and oxygen atoms in total. The van der Waals surface area contributed by atoms with Gasteiger partial charge in [0.05, 0.1) is 4.92 Å². The molecule has 0 aliphatic carbocycles. The molecule has 0 amide bonds. The van der Waals surface area contributed by atoms with Crippen molar-refractivity contribution < 1.29 is 9.72 Å². The SMILES string of the molecule is CC(=O)c1ccc(Nc2ncnc(Nc3cccc(C)c3C)c2[N+](=O)[O-])cc1. The fourth-order valence-corrected chi connectivity index (χ4v) is 2.67. The molecule has 2 aromatic carbocycles. The summed E-state index contributed by atoms with van der Waals surface area (Å²) >= 11 is 0. The van der Waals surface area contributed by atoms with E-state index in [4.69, 9.17) is 0 Å². The molecule has 28 heavy (non-hydrogen) atoms. The molecule has 0 spiro atoms. The van der Waals surface area contributed by atoms with Crippen molar-refractivity contribution in [3.05, 3.63) is 75.6 Å². The number of nitrogens with one attached hydrogen (secondary N) is 2. The van der Waals surface area contributed by atoms with Gasteiger partial charge in [0.2, 0.25) is 11.6 Å². The predicted molar refractivity (Wildman–Crippen MR) is 108 cm³/mol. The molecule has 0 aliphatic rings. The number of aryl methyl sites for hydroxylation is 1. The number of nitro groups is 1. The fourth-order valence-electron chi connectivity index (χ4n) is 2.67. The summed E-state index contributed by atoms with van der Waals surface area (Å²) in [6.45, 7) is 5.37. The summed E-state index contributed by atoms with van der Waals surface area (Å²) in [5.41, 5.74) is 3.64. The molecule has 0 radical (unpaired) electrons. The van der Waals surface area contributed by atoms with Crippen molar-refractivity contribution in [2.45, 2.75) is 20.8 Å². The van der Waals surface area contributed by atoms with E-state index in [9.17, 15) is 14.9 Å². The maximum Gasteiger partial charge on any atom is 0.353 e. The van der Waals surface area contributed by atoms with Crippen LogP contribution in [0.1, 0.15) is 28.4 Å². The number of Topliss-reactive ketones (excluding diaryl/α,β-unsaturated/α-hetero) is 1. The maximum atomic E-state index is 11.7. The van der Waals surface area contributed by atoms with Gasteiger partial charge in [0.1, 0.15) is 6.33 Å². The minimum atomic E-state index is -0.528. The standard InChI is InChI=1S/C20H19N5O3/c1-12-5-4-6-17(13(12)2)24-20-18(25(27)28)19(21-11-22-20)23-16-9-7-15(8-10-16)14(3)26/h4-11H,1-3H3,(H2,21,22,23,24). The highest BCUT2D eigenvalue weighted by Crippen LogP contribution is 2.34. The minimum Gasteiger partial charge on any atom is -0.334 e. The Bertz CT molecular complexity index is 1050. The molecule has 142 valence electrons. The van der Waals surface area contributed by atoms with Gasteiger partial charge in [0, 0.05) is 16.9 Å². The van der Waals surface area contributed by atoms with Gasteiger partial charge in [-0.25, -0.2) is 9.97 Å². The van der Waals surface area contributed by atoms with Gasteiger partial charge in [-0.3, -0.25) is 14.9 Å². The predicted octanol–water partition coefficient (Wildman–Crippen LogP) is 4.69. The molecule has 0 aliphatic heterocycles. The summed E-state index contributed by atoms with van der Waals surface area (Å²) < 4.78 is 0. The Morgan fingerprint density at radius 2 is 1.64 bits per heavy atom. The Labute approximate surface area is 161 Å². The highest BCUT2D eigenvalue weighted by molar-refractivity contribution is 5.94. The molecule has 0 unspecified atom stereocenters. The van der Waals surface area contributed by atoms with Gasteiger partial charge >= 0.3 is 5.69 Å². The van der Waals surface area contributed by atoms with Crippen LogP contribution in [0.25, 0.3) is 0 Å². The Hall–Kier alpha value is -3.81. The van der Waals surface area contributed by atoms with E-state index in [0.29, 0.717) is 11.3 Å². The molecule has 3 aromatic rings. The number of benzene rings is 2. The van der Waals surface area contributed by atoms with Gasteiger partial charge in [0.25, 0.3) is 0 Å². The Balaban J connectivity index is 1.96. The highest BCUT2D eigenvalue weighted by Gasteiger charge is 2.23. The molecule has 0 saturated heterocycles. The van der Waals surface area contributed by atoms with Crippen LogP contribution in [0.15, 0.2) is 48.8 Å². The lowest BCUT2D eigenvalue weighted by atomic mass is 10.1. The molecule has 0 atom stereocenters. The average Bonchev–Trinajstić information content (AvgIpc) is 2.66. The lowest BCUT2D eigenvalue weighted by Crippen LogP contribution is -2.06. The third-order valence-corrected chi connectivity index (χ3v) is 4.42. The smallest absolute Gasteiger partial charge is 0.334 e. The Morgan fingerprint density at radius 3 is 2.25 bits per heavy atom. The number of carbonyl (C=O) groups excluding carboxylic acids is 1. The van der Waals surface area contributed by atoms with Crippen molar-refractivity contribution in [3.8, 4) is 0 Å². The van der Waals surface area contributed by atoms with E-state index in [2.05, 4.69) is 20.6 Å². The second kappa shape index (κ2) is 7.83. The molecule has 8 heteroatoms. The molecule has 0 saturated carbocycles. The van der Waals surface area contributed by atoms with E-state index in [-0.39, 0.29) is 23.1 Å². The van der Waals surface area contributed by atoms with Crippen LogP contribution in [-0.4, -0.2) is 20.7 Å². The van der Waals surface area contributed by atoms with Crippen molar-refractivity contribution >= 4 is 34.5 Å². The zero-order valence-electron chi connectivity index (χ0n) is 15.7. The topological polar surface area (TPSA) is 110 Å². The maximum absolute atomic E-state index is 11.7. The zero-order chi connectivity index (χ0) is 20.3. The number of hydrogen-bond donors (Lipinski definition) is 2. The Kier molecular flexibility index (Phi) is 5.30. The third-order valence-electron chi connectivity index (χ3n) is 4.42. The first-order valence-corrected chi connectivity index (χ1v) is 8.57. The number of ketones is 1. The average molecular weight is 377 g/mol. The molecular weight excluding hydrogens is 358 g/mol. The summed E-state index contributed by atoms with van der Waals surface area (Å²) in [5, 5.41) is 17.7. The minimum absolute atomic E-state index is 0.0559. The molecule has 2 N–H and O–H groups in total. The summed E-state index contributed by atoms with van der Waals surface area (Å²) in [4.78, 5) is 30.7. The lowest BCUT2D eigenvalue weighted by molar-refractivity contribution is -0.383. The second-order valence-corrected chi connectivity index (χ2v) is 6.31. The van der Waals surface area contributed by atoms with Crippen LogP contribution in [0.2, 0.25) is 0 Å². The molecule has 0 fully saturated rings. The molecule has 1 heterocycles. The number of aromatic nitrogens is 2. The first-order valence-electron chi connectivity index (χ1n) is 8.57. The van der Waals surface area contributed by atoms with Gasteiger partial charge in [-0.1, -0.05) is 12.1 Å². The van der Waals surface area contributed by atoms with Gasteiger partial charge < -0.3 is 10.6 Å². The first-order chi connectivity index (χ1) is 13.4. The van der Waals surface area contributed by atoms with E-state index in [0.717, 1.165) is 16.8 Å². The largest absolute Gasteiger partial charge is 0.353 e. The first kappa shape index (κ1) is 19.0. The van der Waals surface area contributed by atoms with Gasteiger partial charge in [-0.2, -0.15) is 0 Å². The van der Waals surface area contributed by atoms with Gasteiger partial charge in [-0.15, -0.1) is 0 Å². The number of hydrogen-bond acceptors (Lipinski definition) is 7. The monoisotopic (exact) mass is 377 g/mol. The van der Waals surface area contributed by atoms with Crippen LogP contribution < -0.4 is 10.6 Å². The zero-order valence-corrected chi connectivity index (χ0v) is 15.7. The van der Waals surface area contributed by atoms with Crippen molar-refractivity contribution in [1.82, 2.24) is 9.97 Å². The summed E-state index contributed by atoms with van der Waals surface area (Å²) in [7, 11) is 0. The van der Waals surface area contributed by atoms with E-state index < -0.39 is 4.92 Å². The van der Waals surface area contributed by atoms with Gasteiger partial charge in [-0.05, 0) is 62.2 Å². The number of rotatable bonds is 6. The highest BCUT2D eigenvalue weighted by atomic mass is 16.6. The van der Waals surface area contributed by atoms with Crippen LogP contribution in [-0.2, 0) is 0 Å². The van der Waals surface area contributed by atoms with Crippen molar-refractivity contribution in [2.75, 3.05) is 10.6 Å². The number of carbonyl (C=O) groups is 1. The molecule has 0 bridgehead atoms. The summed E-state index contributed by atoms with van der Waals surface area (Å²) in [6.07, 6.45) is 1.26. The molecule has 1 aromatic heterocycles. The summed E-state index contributed by atoms with van der Waals surface area (Å²) in [5.74, 6) is 0.0968. The quantitative estimate of drug-likeness (QED) is 0.364. The van der Waals surface area contributed by atoms with Gasteiger partial charge in [0.15, 0.2) is 5.78 Å². The van der Waals surface area contributed by atoms with Crippen LogP contribution in [0, 0.1) is 24.0 Å². The van der Waals surface area contributed by atoms with Crippen LogP contribution in [0.4, 0.5) is 28.7 Å². The van der Waals surface area contributed by atoms with Crippen molar-refractivity contribution in [2.24, 2.45) is 0 Å². The molecular formula is C20H19N5O3. The van der Waals surface area contributed by atoms with Crippen LogP contribution in [0.5, 0.6) is 0 Å².